The van der Waals surface area contributed by atoms with Gasteiger partial charge in [-0.2, -0.15) is 5.10 Å². The van der Waals surface area contributed by atoms with E-state index in [1.807, 2.05) is 6.07 Å². The van der Waals surface area contributed by atoms with Gasteiger partial charge in [-0.3, -0.25) is 5.10 Å². The van der Waals surface area contributed by atoms with Crippen molar-refractivity contribution in [1.82, 2.24) is 20.4 Å². The number of nitrogens with zero attached hydrogens (tertiary/aromatic N) is 3. The summed E-state index contributed by atoms with van der Waals surface area (Å²) in [7, 11) is 0. The number of nitrogens with one attached hydrogen (secondary N) is 1. The van der Waals surface area contributed by atoms with Crippen LogP contribution in [0.3, 0.4) is 0 Å². The molecular formula is C14H21N5O. The number of hydrogen-bond donors (Lipinski definition) is 2. The number of aromatic amines is 1. The zero-order valence-electron chi connectivity index (χ0n) is 12.2. The Kier molecular flexibility index (Phi) is 3.03. The SMILES string of the molecule is CC(C)(C)c1nnc(C2CCC(c3cc(N)n[nH]3)C2)o1. The van der Waals surface area contributed by atoms with Crippen LogP contribution in [0.2, 0.25) is 0 Å². The first kappa shape index (κ1) is 13.1. The van der Waals surface area contributed by atoms with E-state index in [1.165, 1.54) is 0 Å². The van der Waals surface area contributed by atoms with Crippen LogP contribution in [0.25, 0.3) is 0 Å². The summed E-state index contributed by atoms with van der Waals surface area (Å²) in [6.45, 7) is 6.24. The van der Waals surface area contributed by atoms with E-state index in [1.54, 1.807) is 0 Å². The molecule has 1 saturated carbocycles. The number of aromatic nitrogens is 4. The fourth-order valence-corrected chi connectivity index (χ4v) is 2.75. The second-order valence-electron chi connectivity index (χ2n) is 6.65. The summed E-state index contributed by atoms with van der Waals surface area (Å²) in [5.74, 6) is 2.82. The molecule has 0 saturated heterocycles. The maximum Gasteiger partial charge on any atom is 0.221 e. The first-order chi connectivity index (χ1) is 9.43. The van der Waals surface area contributed by atoms with Gasteiger partial charge in [0.25, 0.3) is 0 Å². The lowest BCUT2D eigenvalue weighted by molar-refractivity contribution is 0.355. The molecule has 2 aromatic heterocycles. The number of nitrogen functional groups attached to an aromatic ring is 1. The third kappa shape index (κ3) is 2.42. The minimum atomic E-state index is -0.0961. The average molecular weight is 275 g/mol. The van der Waals surface area contributed by atoms with Gasteiger partial charge < -0.3 is 10.2 Å². The van der Waals surface area contributed by atoms with Gasteiger partial charge in [-0.25, -0.2) is 0 Å². The van der Waals surface area contributed by atoms with Crippen LogP contribution in [0.5, 0.6) is 0 Å². The molecule has 2 aromatic rings. The molecule has 1 fully saturated rings. The Morgan fingerprint density at radius 3 is 2.60 bits per heavy atom. The van der Waals surface area contributed by atoms with Crippen LogP contribution >= 0.6 is 0 Å². The highest BCUT2D eigenvalue weighted by atomic mass is 16.4. The largest absolute Gasteiger partial charge is 0.424 e. The summed E-state index contributed by atoms with van der Waals surface area (Å²) in [6, 6.07) is 1.92. The van der Waals surface area contributed by atoms with E-state index in [2.05, 4.69) is 41.2 Å². The molecule has 0 amide bonds. The fourth-order valence-electron chi connectivity index (χ4n) is 2.75. The summed E-state index contributed by atoms with van der Waals surface area (Å²) in [6.07, 6.45) is 3.17. The quantitative estimate of drug-likeness (QED) is 0.878. The van der Waals surface area contributed by atoms with E-state index < -0.39 is 0 Å². The van der Waals surface area contributed by atoms with Gasteiger partial charge in [-0.05, 0) is 19.3 Å². The monoisotopic (exact) mass is 275 g/mol. The van der Waals surface area contributed by atoms with Gasteiger partial charge in [-0.15, -0.1) is 10.2 Å². The Morgan fingerprint density at radius 1 is 1.25 bits per heavy atom. The standard InChI is InChI=1S/C14H21N5O/c1-14(2,3)13-19-18-12(20-13)9-5-4-8(6-9)10-7-11(15)17-16-10/h7-9H,4-6H2,1-3H3,(H3,15,16,17). The number of nitrogens with two attached hydrogens (primary N) is 1. The van der Waals surface area contributed by atoms with Gasteiger partial charge in [0.15, 0.2) is 0 Å². The van der Waals surface area contributed by atoms with Gasteiger partial charge in [0.2, 0.25) is 11.8 Å². The van der Waals surface area contributed by atoms with Crippen molar-refractivity contribution in [2.75, 3.05) is 5.73 Å². The molecule has 0 spiro atoms. The predicted octanol–water partition coefficient (Wildman–Crippen LogP) is 2.72. The normalized spacial score (nSPS) is 23.4. The van der Waals surface area contributed by atoms with E-state index in [9.17, 15) is 0 Å². The Hall–Kier alpha value is -1.85. The van der Waals surface area contributed by atoms with Crippen LogP contribution in [0, 0.1) is 0 Å². The second kappa shape index (κ2) is 4.61. The first-order valence-corrected chi connectivity index (χ1v) is 7.08. The van der Waals surface area contributed by atoms with Crippen molar-refractivity contribution in [2.24, 2.45) is 0 Å². The molecule has 3 rings (SSSR count). The van der Waals surface area contributed by atoms with Gasteiger partial charge in [0.05, 0.1) is 0 Å². The summed E-state index contributed by atoms with van der Waals surface area (Å²) >= 11 is 0. The van der Waals surface area contributed by atoms with Crippen LogP contribution in [0.15, 0.2) is 10.5 Å². The molecule has 2 heterocycles. The van der Waals surface area contributed by atoms with Crippen LogP contribution in [0.4, 0.5) is 5.82 Å². The lowest BCUT2D eigenvalue weighted by Crippen LogP contribution is -2.11. The number of hydrogen-bond acceptors (Lipinski definition) is 5. The van der Waals surface area contributed by atoms with E-state index in [0.717, 1.165) is 30.8 Å². The molecule has 1 aliphatic rings. The molecule has 0 aliphatic heterocycles. The molecule has 3 N–H and O–H groups in total. The van der Waals surface area contributed by atoms with Crippen molar-refractivity contribution < 1.29 is 4.42 Å². The molecule has 0 radical (unpaired) electrons. The van der Waals surface area contributed by atoms with E-state index in [4.69, 9.17) is 10.2 Å². The zero-order chi connectivity index (χ0) is 14.3. The van der Waals surface area contributed by atoms with E-state index in [-0.39, 0.29) is 5.41 Å². The third-order valence-corrected chi connectivity index (χ3v) is 3.92. The molecular weight excluding hydrogens is 254 g/mol. The van der Waals surface area contributed by atoms with Crippen molar-refractivity contribution in [3.05, 3.63) is 23.5 Å². The summed E-state index contributed by atoms with van der Waals surface area (Å²) in [5.41, 5.74) is 6.68. The summed E-state index contributed by atoms with van der Waals surface area (Å²) in [5, 5.41) is 15.4. The highest BCUT2D eigenvalue weighted by molar-refractivity contribution is 5.30. The van der Waals surface area contributed by atoms with Crippen LogP contribution in [-0.2, 0) is 5.41 Å². The number of anilines is 1. The smallest absolute Gasteiger partial charge is 0.221 e. The van der Waals surface area contributed by atoms with Crippen molar-refractivity contribution in [3.63, 3.8) is 0 Å². The van der Waals surface area contributed by atoms with Crippen molar-refractivity contribution in [3.8, 4) is 0 Å². The van der Waals surface area contributed by atoms with Gasteiger partial charge >= 0.3 is 0 Å². The predicted molar refractivity (Wildman–Crippen MR) is 75.3 cm³/mol. The Labute approximate surface area is 118 Å². The Morgan fingerprint density at radius 2 is 2.00 bits per heavy atom. The maximum atomic E-state index is 5.85. The van der Waals surface area contributed by atoms with Gasteiger partial charge in [0.1, 0.15) is 5.82 Å². The zero-order valence-corrected chi connectivity index (χ0v) is 12.2. The van der Waals surface area contributed by atoms with Gasteiger partial charge in [0, 0.05) is 29.0 Å². The average Bonchev–Trinajstić information content (AvgIpc) is 3.06. The second-order valence-corrected chi connectivity index (χ2v) is 6.65. The number of rotatable bonds is 2. The lowest BCUT2D eigenvalue weighted by Gasteiger charge is -2.11. The maximum absolute atomic E-state index is 5.85. The molecule has 108 valence electrons. The molecule has 2 unspecified atom stereocenters. The molecule has 6 nitrogen and oxygen atoms in total. The molecule has 6 heteroatoms. The number of H-pyrrole nitrogens is 1. The van der Waals surface area contributed by atoms with Crippen LogP contribution in [0.1, 0.15) is 69.3 Å². The van der Waals surface area contributed by atoms with E-state index >= 15 is 0 Å². The first-order valence-electron chi connectivity index (χ1n) is 7.08. The Balaban J connectivity index is 1.72. The van der Waals surface area contributed by atoms with Crippen molar-refractivity contribution in [1.29, 1.82) is 0 Å². The molecule has 1 aliphatic carbocycles. The molecule has 0 bridgehead atoms. The molecule has 2 atom stereocenters. The molecule has 0 aromatic carbocycles. The van der Waals surface area contributed by atoms with Crippen molar-refractivity contribution in [2.45, 2.75) is 57.3 Å². The highest BCUT2D eigenvalue weighted by Gasteiger charge is 2.32. The minimum Gasteiger partial charge on any atom is -0.424 e. The van der Waals surface area contributed by atoms with Crippen LogP contribution < -0.4 is 5.73 Å². The van der Waals surface area contributed by atoms with Crippen molar-refractivity contribution >= 4 is 5.82 Å². The van der Waals surface area contributed by atoms with E-state index in [0.29, 0.717) is 23.5 Å². The molecule has 20 heavy (non-hydrogen) atoms. The topological polar surface area (TPSA) is 93.6 Å². The van der Waals surface area contributed by atoms with Gasteiger partial charge in [-0.1, -0.05) is 20.8 Å². The highest BCUT2D eigenvalue weighted by Crippen LogP contribution is 2.43. The lowest BCUT2D eigenvalue weighted by atomic mass is 9.97. The fraction of sp³-hybridized carbons (Fsp3) is 0.643. The summed E-state index contributed by atoms with van der Waals surface area (Å²) in [4.78, 5) is 0. The Bertz CT molecular complexity index is 595. The van der Waals surface area contributed by atoms with Crippen LogP contribution in [-0.4, -0.2) is 20.4 Å². The third-order valence-electron chi connectivity index (χ3n) is 3.92. The summed E-state index contributed by atoms with van der Waals surface area (Å²) < 4.78 is 5.85. The minimum absolute atomic E-state index is 0.0961.